The third-order valence-electron chi connectivity index (χ3n) is 4.42. The Kier molecular flexibility index (Phi) is 3.15. The highest BCUT2D eigenvalue weighted by Gasteiger charge is 2.21. The van der Waals surface area contributed by atoms with Gasteiger partial charge in [-0.1, -0.05) is 0 Å². The number of rotatable bonds is 2. The number of carbonyl (C=O) groups is 1. The van der Waals surface area contributed by atoms with Gasteiger partial charge in [-0.15, -0.1) is 0 Å². The third-order valence-corrected chi connectivity index (χ3v) is 4.42. The van der Waals surface area contributed by atoms with E-state index in [2.05, 4.69) is 4.98 Å². The van der Waals surface area contributed by atoms with Gasteiger partial charge in [0.15, 0.2) is 5.78 Å². The second-order valence-corrected chi connectivity index (χ2v) is 5.86. The largest absolute Gasteiger partial charge is 0.343 e. The number of aromatic nitrogens is 2. The van der Waals surface area contributed by atoms with Crippen LogP contribution in [0, 0.1) is 5.82 Å². The summed E-state index contributed by atoms with van der Waals surface area (Å²) in [4.78, 5) is 28.2. The molecule has 1 aromatic carbocycles. The van der Waals surface area contributed by atoms with E-state index < -0.39 is 0 Å². The number of hydrogen-bond donors (Lipinski definition) is 1. The molecule has 0 radical (unpaired) electrons. The lowest BCUT2D eigenvalue weighted by Crippen LogP contribution is -2.17. The minimum atomic E-state index is -0.383. The van der Waals surface area contributed by atoms with Crippen LogP contribution in [-0.4, -0.2) is 15.2 Å². The van der Waals surface area contributed by atoms with E-state index >= 15 is 0 Å². The number of aromatic amines is 1. The zero-order valence-corrected chi connectivity index (χ0v) is 12.4. The molecule has 4 nitrogen and oxygen atoms in total. The average molecular weight is 310 g/mol. The highest BCUT2D eigenvalue weighted by atomic mass is 19.1. The predicted octanol–water partition coefficient (Wildman–Crippen LogP) is 2.88. The molecule has 2 aromatic heterocycles. The molecule has 0 aliphatic heterocycles. The Labute approximate surface area is 131 Å². The summed E-state index contributed by atoms with van der Waals surface area (Å²) in [5.74, 6) is -0.604. The van der Waals surface area contributed by atoms with Gasteiger partial charge in [0.1, 0.15) is 11.5 Å². The predicted molar refractivity (Wildman–Crippen MR) is 84.5 cm³/mol. The van der Waals surface area contributed by atoms with Crippen molar-refractivity contribution in [2.75, 3.05) is 0 Å². The van der Waals surface area contributed by atoms with Gasteiger partial charge in [0.05, 0.1) is 5.56 Å². The maximum absolute atomic E-state index is 13.1. The summed E-state index contributed by atoms with van der Waals surface area (Å²) >= 11 is 0. The normalized spacial score (nSPS) is 14.0. The molecule has 0 bridgehead atoms. The number of hydrogen-bond acceptors (Lipinski definition) is 2. The maximum atomic E-state index is 13.1. The van der Waals surface area contributed by atoms with E-state index in [1.54, 1.807) is 10.5 Å². The second kappa shape index (κ2) is 5.19. The number of imidazole rings is 1. The van der Waals surface area contributed by atoms with E-state index in [-0.39, 0.29) is 17.2 Å². The Bertz CT molecular complexity index is 967. The first-order valence-electron chi connectivity index (χ1n) is 7.71. The lowest BCUT2D eigenvalue weighted by molar-refractivity contribution is 0.103. The molecule has 2 heterocycles. The molecule has 0 fully saturated rings. The van der Waals surface area contributed by atoms with Crippen molar-refractivity contribution in [2.45, 2.75) is 25.7 Å². The Morgan fingerprint density at radius 2 is 1.78 bits per heavy atom. The van der Waals surface area contributed by atoms with Crippen LogP contribution in [0.2, 0.25) is 0 Å². The van der Waals surface area contributed by atoms with E-state index in [1.807, 2.05) is 0 Å². The first kappa shape index (κ1) is 13.9. The Hall–Kier alpha value is -2.69. The number of nitrogens with one attached hydrogen (secondary N) is 1. The molecule has 0 saturated heterocycles. The molecule has 0 saturated carbocycles. The summed E-state index contributed by atoms with van der Waals surface area (Å²) in [6.45, 7) is 0. The van der Waals surface area contributed by atoms with Crippen LogP contribution in [0.5, 0.6) is 0 Å². The molecule has 0 atom stereocenters. The van der Waals surface area contributed by atoms with E-state index in [0.717, 1.165) is 37.1 Å². The quantitative estimate of drug-likeness (QED) is 0.740. The fourth-order valence-corrected chi connectivity index (χ4v) is 3.28. The summed E-state index contributed by atoms with van der Waals surface area (Å²) in [5, 5.41) is 0. The standard InChI is InChI=1S/C18H15FN2O2/c19-12-7-5-11(6-8-12)17(23)13-9-10-16(22)21-15-4-2-1-3-14(15)20-18(13)21/h5-10,20H,1-4H2. The van der Waals surface area contributed by atoms with E-state index in [0.29, 0.717) is 16.8 Å². The molecule has 0 amide bonds. The third kappa shape index (κ3) is 2.20. The van der Waals surface area contributed by atoms with Crippen LogP contribution in [0.15, 0.2) is 41.2 Å². The minimum Gasteiger partial charge on any atom is -0.343 e. The number of benzene rings is 1. The van der Waals surface area contributed by atoms with Gasteiger partial charge in [0.25, 0.3) is 5.56 Å². The highest BCUT2D eigenvalue weighted by Crippen LogP contribution is 2.23. The number of nitrogens with zero attached hydrogens (tertiary/aromatic N) is 1. The number of pyridine rings is 1. The topological polar surface area (TPSA) is 54.3 Å². The molecule has 5 heteroatoms. The maximum Gasteiger partial charge on any atom is 0.256 e. The molecule has 1 N–H and O–H groups in total. The monoisotopic (exact) mass is 310 g/mol. The Morgan fingerprint density at radius 3 is 2.57 bits per heavy atom. The number of fused-ring (bicyclic) bond motifs is 3. The van der Waals surface area contributed by atoms with Crippen molar-refractivity contribution < 1.29 is 9.18 Å². The Balaban J connectivity index is 1.92. The number of aryl methyl sites for hydroxylation is 2. The number of ketones is 1. The molecular formula is C18H15FN2O2. The van der Waals surface area contributed by atoms with Crippen LogP contribution in [0.3, 0.4) is 0 Å². The van der Waals surface area contributed by atoms with E-state index in [9.17, 15) is 14.0 Å². The molecule has 1 aliphatic rings. The first-order chi connectivity index (χ1) is 11.1. The lowest BCUT2D eigenvalue weighted by atomic mass is 10.0. The molecule has 1 aliphatic carbocycles. The van der Waals surface area contributed by atoms with Crippen LogP contribution in [-0.2, 0) is 12.8 Å². The molecule has 3 aromatic rings. The van der Waals surface area contributed by atoms with Crippen LogP contribution in [0.4, 0.5) is 4.39 Å². The zero-order chi connectivity index (χ0) is 16.0. The van der Waals surface area contributed by atoms with Crippen molar-refractivity contribution in [1.29, 1.82) is 0 Å². The molecule has 116 valence electrons. The van der Waals surface area contributed by atoms with E-state index in [4.69, 9.17) is 0 Å². The SMILES string of the molecule is O=C(c1ccc(F)cc1)c1ccc(=O)n2c3c([nH]c12)CCCC3. The number of halogens is 1. The van der Waals surface area contributed by atoms with Gasteiger partial charge >= 0.3 is 0 Å². The zero-order valence-electron chi connectivity index (χ0n) is 12.4. The molecule has 0 unspecified atom stereocenters. The molecule has 0 spiro atoms. The van der Waals surface area contributed by atoms with Crippen molar-refractivity contribution in [3.8, 4) is 0 Å². The lowest BCUT2D eigenvalue weighted by Gasteiger charge is -2.10. The van der Waals surface area contributed by atoms with Crippen molar-refractivity contribution in [3.63, 3.8) is 0 Å². The molecule has 23 heavy (non-hydrogen) atoms. The summed E-state index contributed by atoms with van der Waals surface area (Å²) in [7, 11) is 0. The number of carbonyl (C=O) groups excluding carboxylic acids is 1. The van der Waals surface area contributed by atoms with Crippen molar-refractivity contribution >= 4 is 11.4 Å². The van der Waals surface area contributed by atoms with Gasteiger partial charge in [-0.2, -0.15) is 0 Å². The minimum absolute atomic E-state index is 0.130. The fraction of sp³-hybridized carbons (Fsp3) is 0.222. The van der Waals surface area contributed by atoms with Gasteiger partial charge in [-0.3, -0.25) is 14.0 Å². The summed E-state index contributed by atoms with van der Waals surface area (Å²) in [6.07, 6.45) is 3.85. The Morgan fingerprint density at radius 1 is 1.04 bits per heavy atom. The highest BCUT2D eigenvalue weighted by molar-refractivity contribution is 6.12. The second-order valence-electron chi connectivity index (χ2n) is 5.86. The average Bonchev–Trinajstić information content (AvgIpc) is 2.95. The summed E-state index contributed by atoms with van der Waals surface area (Å²) in [6, 6.07) is 8.42. The fourth-order valence-electron chi connectivity index (χ4n) is 3.28. The van der Waals surface area contributed by atoms with Crippen molar-refractivity contribution in [3.05, 3.63) is 75.1 Å². The summed E-state index contributed by atoms with van der Waals surface area (Å²) in [5.41, 5.74) is 3.26. The van der Waals surface area contributed by atoms with Crippen molar-refractivity contribution in [2.24, 2.45) is 0 Å². The van der Waals surface area contributed by atoms with E-state index in [1.165, 1.54) is 30.3 Å². The first-order valence-corrected chi connectivity index (χ1v) is 7.71. The smallest absolute Gasteiger partial charge is 0.256 e. The van der Waals surface area contributed by atoms with Crippen LogP contribution in [0.1, 0.15) is 40.2 Å². The van der Waals surface area contributed by atoms with Crippen LogP contribution in [0.25, 0.3) is 5.65 Å². The summed E-state index contributed by atoms with van der Waals surface area (Å²) < 4.78 is 14.7. The van der Waals surface area contributed by atoms with Gasteiger partial charge in [0.2, 0.25) is 0 Å². The van der Waals surface area contributed by atoms with Gasteiger partial charge in [0, 0.05) is 23.0 Å². The molecular weight excluding hydrogens is 295 g/mol. The number of H-pyrrole nitrogens is 1. The van der Waals surface area contributed by atoms with Crippen LogP contribution >= 0.6 is 0 Å². The van der Waals surface area contributed by atoms with Gasteiger partial charge in [-0.25, -0.2) is 4.39 Å². The van der Waals surface area contributed by atoms with Gasteiger partial charge < -0.3 is 4.98 Å². The van der Waals surface area contributed by atoms with Crippen LogP contribution < -0.4 is 5.56 Å². The van der Waals surface area contributed by atoms with Crippen molar-refractivity contribution in [1.82, 2.24) is 9.38 Å². The van der Waals surface area contributed by atoms with Gasteiger partial charge in [-0.05, 0) is 56.0 Å². The molecule has 4 rings (SSSR count).